The van der Waals surface area contributed by atoms with Crippen LogP contribution in [-0.2, 0) is 11.2 Å². The summed E-state index contributed by atoms with van der Waals surface area (Å²) in [5.74, 6) is 6.93. The van der Waals surface area contributed by atoms with Crippen LogP contribution in [-0.4, -0.2) is 20.5 Å². The molecule has 1 N–H and O–H groups in total. The van der Waals surface area contributed by atoms with Crippen molar-refractivity contribution in [1.29, 1.82) is 0 Å². The van der Waals surface area contributed by atoms with E-state index in [-0.39, 0.29) is 11.2 Å². The number of benzene rings is 1. The maximum atomic E-state index is 11.9. The first-order valence-corrected chi connectivity index (χ1v) is 9.34. The molecule has 1 atom stereocenters. The molecule has 0 spiro atoms. The Morgan fingerprint density at radius 2 is 2.08 bits per heavy atom. The van der Waals surface area contributed by atoms with E-state index in [0.29, 0.717) is 16.3 Å². The van der Waals surface area contributed by atoms with Crippen LogP contribution in [0.3, 0.4) is 0 Å². The second-order valence-electron chi connectivity index (χ2n) is 6.02. The van der Waals surface area contributed by atoms with Gasteiger partial charge < -0.3 is 9.73 Å². The summed E-state index contributed by atoms with van der Waals surface area (Å²) >= 11 is 6.39. The van der Waals surface area contributed by atoms with Crippen LogP contribution < -0.4 is 5.32 Å². The Labute approximate surface area is 160 Å². The number of aryl methyl sites for hydroxylation is 1. The summed E-state index contributed by atoms with van der Waals surface area (Å²) in [6.07, 6.45) is 3.92. The Bertz CT molecular complexity index is 1070. The lowest BCUT2D eigenvalue weighted by Gasteiger charge is -2.01. The number of aromatic nitrogens is 1. The minimum absolute atomic E-state index is 0.0713. The zero-order chi connectivity index (χ0) is 18.1. The highest BCUT2D eigenvalue weighted by atomic mass is 32.2. The smallest absolute Gasteiger partial charge is 0.239 e. The summed E-state index contributed by atoms with van der Waals surface area (Å²) in [6, 6.07) is 9.95. The number of hydrogen-bond donors (Lipinski definition) is 1. The fourth-order valence-electron chi connectivity index (χ4n) is 2.69. The fourth-order valence-corrected chi connectivity index (χ4v) is 3.97. The van der Waals surface area contributed by atoms with Crippen molar-refractivity contribution in [3.63, 3.8) is 0 Å². The minimum atomic E-state index is -0.252. The number of amides is 1. The van der Waals surface area contributed by atoms with E-state index >= 15 is 0 Å². The van der Waals surface area contributed by atoms with Crippen molar-refractivity contribution in [2.75, 3.05) is 0 Å². The second kappa shape index (κ2) is 6.94. The summed E-state index contributed by atoms with van der Waals surface area (Å²) in [4.78, 5) is 16.1. The first-order chi connectivity index (χ1) is 12.6. The molecule has 1 aromatic carbocycles. The average molecular weight is 378 g/mol. The Morgan fingerprint density at radius 3 is 2.81 bits per heavy atom. The zero-order valence-electron chi connectivity index (χ0n) is 13.9. The average Bonchev–Trinajstić information content (AvgIpc) is 3.17. The lowest BCUT2D eigenvalue weighted by Crippen LogP contribution is -2.25. The van der Waals surface area contributed by atoms with E-state index in [2.05, 4.69) is 22.1 Å². The number of thioether (sulfide) groups is 1. The van der Waals surface area contributed by atoms with Crippen LogP contribution in [0.1, 0.15) is 22.5 Å². The number of nitrogens with zero attached hydrogens (tertiary/aromatic N) is 1. The van der Waals surface area contributed by atoms with Crippen molar-refractivity contribution >= 4 is 45.2 Å². The normalized spacial score (nSPS) is 16.4. The Hall–Kier alpha value is -2.62. The monoisotopic (exact) mass is 378 g/mol. The largest absolute Gasteiger partial charge is 0.460 e. The van der Waals surface area contributed by atoms with Crippen LogP contribution >= 0.6 is 24.0 Å². The molecule has 1 unspecified atom stereocenters. The van der Waals surface area contributed by atoms with Gasteiger partial charge in [0.25, 0.3) is 0 Å². The number of hydrogen-bond acceptors (Lipinski definition) is 5. The molecule has 4 rings (SSSR count). The topological polar surface area (TPSA) is 55.1 Å². The van der Waals surface area contributed by atoms with E-state index in [9.17, 15) is 4.79 Å². The fraction of sp³-hybridized carbons (Fsp3) is 0.150. The summed E-state index contributed by atoms with van der Waals surface area (Å²) < 4.78 is 6.49. The number of thiocarbonyl (C=S) groups is 1. The van der Waals surface area contributed by atoms with Crippen molar-refractivity contribution in [3.8, 4) is 11.8 Å². The number of pyridine rings is 1. The molecular formula is C20H14N2O2S2. The van der Waals surface area contributed by atoms with Gasteiger partial charge in [0.15, 0.2) is 5.58 Å². The third kappa shape index (κ3) is 3.50. The van der Waals surface area contributed by atoms with Crippen LogP contribution in [0.15, 0.2) is 47.1 Å². The third-order valence-electron chi connectivity index (χ3n) is 4.02. The number of fused-ring (bicyclic) bond motifs is 1. The molecule has 0 radical (unpaired) electrons. The molecule has 0 bridgehead atoms. The highest BCUT2D eigenvalue weighted by Gasteiger charge is 2.30. The van der Waals surface area contributed by atoms with Crippen molar-refractivity contribution in [2.45, 2.75) is 18.6 Å². The van der Waals surface area contributed by atoms with Gasteiger partial charge >= 0.3 is 0 Å². The quantitative estimate of drug-likeness (QED) is 0.545. The van der Waals surface area contributed by atoms with Gasteiger partial charge in [0.1, 0.15) is 10.1 Å². The van der Waals surface area contributed by atoms with Crippen molar-refractivity contribution in [3.05, 3.63) is 65.2 Å². The molecule has 1 aliphatic rings. The number of furan rings is 1. The number of nitrogens with one attached hydrogen (secondary N) is 1. The van der Waals surface area contributed by atoms with E-state index in [1.807, 2.05) is 37.3 Å². The molecule has 1 amide bonds. The molecule has 2 aromatic heterocycles. The molecule has 1 fully saturated rings. The molecule has 0 aliphatic carbocycles. The molecule has 26 heavy (non-hydrogen) atoms. The Morgan fingerprint density at radius 1 is 1.27 bits per heavy atom. The Kier molecular flexibility index (Phi) is 4.49. The van der Waals surface area contributed by atoms with Gasteiger partial charge in [-0.25, -0.2) is 0 Å². The van der Waals surface area contributed by atoms with Crippen LogP contribution in [0, 0.1) is 18.8 Å². The van der Waals surface area contributed by atoms with Crippen LogP contribution in [0.5, 0.6) is 0 Å². The highest BCUT2D eigenvalue weighted by Crippen LogP contribution is 2.27. The number of rotatable bonds is 2. The minimum Gasteiger partial charge on any atom is -0.460 e. The number of carbonyl (C=O) groups is 1. The Balaban J connectivity index is 1.63. The molecule has 3 aromatic rings. The molecular weight excluding hydrogens is 364 g/mol. The van der Waals surface area contributed by atoms with Gasteiger partial charge in [0.05, 0.1) is 10.8 Å². The molecule has 1 aliphatic heterocycles. The number of carbonyl (C=O) groups excluding carboxylic acids is 1. The molecule has 0 saturated carbocycles. The van der Waals surface area contributed by atoms with Gasteiger partial charge in [-0.2, -0.15) is 0 Å². The van der Waals surface area contributed by atoms with Crippen molar-refractivity contribution in [1.82, 2.24) is 10.3 Å². The molecule has 128 valence electrons. The molecule has 1 saturated heterocycles. The summed E-state index contributed by atoms with van der Waals surface area (Å²) in [6.45, 7) is 2.04. The predicted octanol–water partition coefficient (Wildman–Crippen LogP) is 3.60. The molecule has 6 heteroatoms. The van der Waals surface area contributed by atoms with E-state index in [4.69, 9.17) is 16.6 Å². The maximum Gasteiger partial charge on any atom is 0.239 e. The molecule has 4 nitrogen and oxygen atoms in total. The van der Waals surface area contributed by atoms with E-state index in [1.165, 1.54) is 17.3 Å². The van der Waals surface area contributed by atoms with Crippen LogP contribution in [0.2, 0.25) is 0 Å². The maximum absolute atomic E-state index is 11.9. The third-order valence-corrected chi connectivity index (χ3v) is 5.39. The van der Waals surface area contributed by atoms with Gasteiger partial charge in [-0.05, 0) is 25.1 Å². The van der Waals surface area contributed by atoms with Gasteiger partial charge in [-0.1, -0.05) is 53.5 Å². The predicted molar refractivity (Wildman–Crippen MR) is 107 cm³/mol. The summed E-state index contributed by atoms with van der Waals surface area (Å²) in [5, 5.41) is 3.28. The first-order valence-electron chi connectivity index (χ1n) is 8.05. The van der Waals surface area contributed by atoms with Gasteiger partial charge in [0.2, 0.25) is 5.91 Å². The zero-order valence-corrected chi connectivity index (χ0v) is 15.5. The van der Waals surface area contributed by atoms with Gasteiger partial charge in [-0.15, -0.1) is 0 Å². The lowest BCUT2D eigenvalue weighted by atomic mass is 10.1. The van der Waals surface area contributed by atoms with Gasteiger partial charge in [0, 0.05) is 29.8 Å². The summed E-state index contributed by atoms with van der Waals surface area (Å²) in [7, 11) is 0. The van der Waals surface area contributed by atoms with E-state index in [1.54, 1.807) is 12.4 Å². The standard InChI is InChI=1S/C20H14N2O2S2/c1-12-2-4-13(5-3-12)6-7-14-10-21-11-15-8-16(24-18(14)15)9-17-19(23)22-20(25)26-17/h2-5,8,10-11,17H,9H2,1H3,(H,22,23,25). The van der Waals surface area contributed by atoms with E-state index in [0.717, 1.165) is 22.3 Å². The lowest BCUT2D eigenvalue weighted by molar-refractivity contribution is -0.118. The first kappa shape index (κ1) is 16.8. The summed E-state index contributed by atoms with van der Waals surface area (Å²) in [5.41, 5.74) is 3.56. The van der Waals surface area contributed by atoms with Crippen molar-refractivity contribution in [2.24, 2.45) is 0 Å². The van der Waals surface area contributed by atoms with Crippen LogP contribution in [0.25, 0.3) is 11.0 Å². The SMILES string of the molecule is Cc1ccc(C#Cc2cncc3cc(CC4SC(=S)NC4=O)oc23)cc1. The van der Waals surface area contributed by atoms with Crippen molar-refractivity contribution < 1.29 is 9.21 Å². The molecule has 3 heterocycles. The van der Waals surface area contributed by atoms with E-state index < -0.39 is 0 Å². The van der Waals surface area contributed by atoms with Crippen LogP contribution in [0.4, 0.5) is 0 Å². The highest BCUT2D eigenvalue weighted by molar-refractivity contribution is 8.24. The second-order valence-corrected chi connectivity index (χ2v) is 7.90. The van der Waals surface area contributed by atoms with Gasteiger partial charge in [-0.3, -0.25) is 9.78 Å².